The second kappa shape index (κ2) is 5.71. The van der Waals surface area contributed by atoms with E-state index >= 15 is 0 Å². The fourth-order valence-corrected chi connectivity index (χ4v) is 2.35. The van der Waals surface area contributed by atoms with Crippen LogP contribution in [0.2, 0.25) is 0 Å². The molecule has 0 aromatic heterocycles. The van der Waals surface area contributed by atoms with Crippen LogP contribution in [0.25, 0.3) is 0 Å². The molecule has 2 unspecified atom stereocenters. The van der Waals surface area contributed by atoms with Crippen LogP contribution in [0.3, 0.4) is 0 Å². The van der Waals surface area contributed by atoms with Gasteiger partial charge in [-0.05, 0) is 38.0 Å². The highest BCUT2D eigenvalue weighted by Crippen LogP contribution is 2.29. The van der Waals surface area contributed by atoms with Crippen molar-refractivity contribution in [1.82, 2.24) is 0 Å². The number of methoxy groups -OCH3 is 1. The maximum Gasteiger partial charge on any atom is 0.253 e. The minimum absolute atomic E-state index is 0.115. The third kappa shape index (κ3) is 3.03. The lowest BCUT2D eigenvalue weighted by molar-refractivity contribution is -0.126. The second-order valence-corrected chi connectivity index (χ2v) is 5.26. The van der Waals surface area contributed by atoms with Crippen LogP contribution in [0, 0.1) is 0 Å². The number of anilines is 1. The van der Waals surface area contributed by atoms with Crippen molar-refractivity contribution in [3.63, 3.8) is 0 Å². The second-order valence-electron chi connectivity index (χ2n) is 4.35. The molecule has 2 rings (SSSR count). The molecule has 1 aromatic rings. The van der Waals surface area contributed by atoms with Gasteiger partial charge in [-0.2, -0.15) is 0 Å². The average molecular weight is 314 g/mol. The molecular formula is C13H16BrNO3. The quantitative estimate of drug-likeness (QED) is 0.933. The normalized spacial score (nSPS) is 22.8. The van der Waals surface area contributed by atoms with E-state index in [-0.39, 0.29) is 18.1 Å². The molecule has 1 heterocycles. The fraction of sp³-hybridized carbons (Fsp3) is 0.462. The van der Waals surface area contributed by atoms with Gasteiger partial charge in [-0.15, -0.1) is 0 Å². The first-order valence-electron chi connectivity index (χ1n) is 5.90. The van der Waals surface area contributed by atoms with Crippen molar-refractivity contribution in [1.29, 1.82) is 0 Å². The molecule has 0 radical (unpaired) electrons. The van der Waals surface area contributed by atoms with Crippen molar-refractivity contribution in [2.45, 2.75) is 32.0 Å². The van der Waals surface area contributed by atoms with Gasteiger partial charge in [-0.25, -0.2) is 0 Å². The summed E-state index contributed by atoms with van der Waals surface area (Å²) in [5.41, 5.74) is 0.653. The monoisotopic (exact) mass is 313 g/mol. The van der Waals surface area contributed by atoms with Crippen molar-refractivity contribution in [3.05, 3.63) is 22.7 Å². The molecular weight excluding hydrogens is 298 g/mol. The fourth-order valence-electron chi connectivity index (χ4n) is 1.99. The van der Waals surface area contributed by atoms with Crippen molar-refractivity contribution < 1.29 is 14.3 Å². The summed E-state index contributed by atoms with van der Waals surface area (Å²) in [5, 5.41) is 2.85. The summed E-state index contributed by atoms with van der Waals surface area (Å²) in [6.07, 6.45) is 1.49. The number of halogens is 1. The highest BCUT2D eigenvalue weighted by Gasteiger charge is 2.28. The molecule has 1 amide bonds. The predicted molar refractivity (Wildman–Crippen MR) is 72.9 cm³/mol. The lowest BCUT2D eigenvalue weighted by atomic mass is 10.2. The van der Waals surface area contributed by atoms with Crippen LogP contribution in [0.4, 0.5) is 5.69 Å². The van der Waals surface area contributed by atoms with Crippen LogP contribution in [-0.2, 0) is 9.53 Å². The Balaban J connectivity index is 2.09. The SMILES string of the molecule is COc1ccc(Br)cc1NC(=O)C1CCC(C)O1. The van der Waals surface area contributed by atoms with Gasteiger partial charge in [0.15, 0.2) is 0 Å². The van der Waals surface area contributed by atoms with Gasteiger partial charge in [-0.3, -0.25) is 4.79 Å². The Labute approximate surface area is 115 Å². The summed E-state index contributed by atoms with van der Waals surface area (Å²) in [6.45, 7) is 1.98. The zero-order valence-corrected chi connectivity index (χ0v) is 12.0. The van der Waals surface area contributed by atoms with Crippen molar-refractivity contribution in [3.8, 4) is 5.75 Å². The first-order valence-corrected chi connectivity index (χ1v) is 6.69. The number of hydrogen-bond donors (Lipinski definition) is 1. The van der Waals surface area contributed by atoms with E-state index in [0.717, 1.165) is 17.3 Å². The first kappa shape index (κ1) is 13.4. The van der Waals surface area contributed by atoms with Gasteiger partial charge in [0.25, 0.3) is 5.91 Å². The molecule has 1 aromatic carbocycles. The Morgan fingerprint density at radius 1 is 1.50 bits per heavy atom. The van der Waals surface area contributed by atoms with Crippen LogP contribution >= 0.6 is 15.9 Å². The van der Waals surface area contributed by atoms with Gasteiger partial charge < -0.3 is 14.8 Å². The standard InChI is InChI=1S/C13H16BrNO3/c1-8-3-5-12(18-8)13(16)15-10-7-9(14)4-6-11(10)17-2/h4,6-8,12H,3,5H2,1-2H3,(H,15,16). The van der Waals surface area contributed by atoms with E-state index in [0.29, 0.717) is 11.4 Å². The summed E-state index contributed by atoms with van der Waals surface area (Å²) in [5.74, 6) is 0.522. The molecule has 2 atom stereocenters. The summed E-state index contributed by atoms with van der Waals surface area (Å²) in [7, 11) is 1.58. The van der Waals surface area contributed by atoms with Crippen LogP contribution in [-0.4, -0.2) is 25.2 Å². The molecule has 1 N–H and O–H groups in total. The predicted octanol–water partition coefficient (Wildman–Crippen LogP) is 2.96. The lowest BCUT2D eigenvalue weighted by Gasteiger charge is -2.14. The van der Waals surface area contributed by atoms with Crippen LogP contribution in [0.15, 0.2) is 22.7 Å². The number of rotatable bonds is 3. The van der Waals surface area contributed by atoms with Gasteiger partial charge in [-0.1, -0.05) is 15.9 Å². The van der Waals surface area contributed by atoms with Gasteiger partial charge in [0.05, 0.1) is 18.9 Å². The van der Waals surface area contributed by atoms with E-state index in [9.17, 15) is 4.79 Å². The maximum atomic E-state index is 12.0. The molecule has 18 heavy (non-hydrogen) atoms. The Hall–Kier alpha value is -1.07. The van der Waals surface area contributed by atoms with E-state index < -0.39 is 0 Å². The largest absolute Gasteiger partial charge is 0.495 e. The maximum absolute atomic E-state index is 12.0. The number of ether oxygens (including phenoxy) is 2. The molecule has 5 heteroatoms. The number of carbonyl (C=O) groups excluding carboxylic acids is 1. The summed E-state index contributed by atoms with van der Waals surface area (Å²) < 4.78 is 11.6. The van der Waals surface area contributed by atoms with E-state index in [1.807, 2.05) is 19.1 Å². The zero-order chi connectivity index (χ0) is 13.1. The summed E-state index contributed by atoms with van der Waals surface area (Å²) in [6, 6.07) is 5.48. The third-order valence-corrected chi connectivity index (χ3v) is 3.44. The number of carbonyl (C=O) groups is 1. The molecule has 0 bridgehead atoms. The van der Waals surface area contributed by atoms with E-state index in [1.54, 1.807) is 13.2 Å². The van der Waals surface area contributed by atoms with E-state index in [4.69, 9.17) is 9.47 Å². The smallest absolute Gasteiger partial charge is 0.253 e. The zero-order valence-electron chi connectivity index (χ0n) is 10.4. The number of benzene rings is 1. The Kier molecular flexibility index (Phi) is 4.24. The van der Waals surface area contributed by atoms with Gasteiger partial charge in [0.2, 0.25) is 0 Å². The molecule has 1 fully saturated rings. The van der Waals surface area contributed by atoms with Crippen molar-refractivity contribution in [2.75, 3.05) is 12.4 Å². The minimum atomic E-state index is -0.358. The Bertz CT molecular complexity index is 450. The van der Waals surface area contributed by atoms with Gasteiger partial charge in [0.1, 0.15) is 11.9 Å². The molecule has 98 valence electrons. The van der Waals surface area contributed by atoms with Crippen LogP contribution in [0.5, 0.6) is 5.75 Å². The number of amides is 1. The van der Waals surface area contributed by atoms with Crippen molar-refractivity contribution >= 4 is 27.5 Å². The molecule has 0 aliphatic carbocycles. The minimum Gasteiger partial charge on any atom is -0.495 e. The highest BCUT2D eigenvalue weighted by atomic mass is 79.9. The third-order valence-electron chi connectivity index (χ3n) is 2.94. The van der Waals surface area contributed by atoms with Gasteiger partial charge >= 0.3 is 0 Å². The van der Waals surface area contributed by atoms with Crippen molar-refractivity contribution in [2.24, 2.45) is 0 Å². The summed E-state index contributed by atoms with van der Waals surface area (Å²) >= 11 is 3.37. The number of hydrogen-bond acceptors (Lipinski definition) is 3. The summed E-state index contributed by atoms with van der Waals surface area (Å²) in [4.78, 5) is 12.0. The van der Waals surface area contributed by atoms with E-state index in [1.165, 1.54) is 0 Å². The Morgan fingerprint density at radius 3 is 2.89 bits per heavy atom. The molecule has 1 aliphatic heterocycles. The van der Waals surface area contributed by atoms with Crippen LogP contribution in [0.1, 0.15) is 19.8 Å². The van der Waals surface area contributed by atoms with E-state index in [2.05, 4.69) is 21.2 Å². The molecule has 0 spiro atoms. The highest BCUT2D eigenvalue weighted by molar-refractivity contribution is 9.10. The molecule has 1 saturated heterocycles. The molecule has 0 saturated carbocycles. The van der Waals surface area contributed by atoms with Gasteiger partial charge in [0, 0.05) is 4.47 Å². The first-order chi connectivity index (χ1) is 8.60. The van der Waals surface area contributed by atoms with Crippen LogP contribution < -0.4 is 10.1 Å². The lowest BCUT2D eigenvalue weighted by Crippen LogP contribution is -2.27. The molecule has 4 nitrogen and oxygen atoms in total. The Morgan fingerprint density at radius 2 is 2.28 bits per heavy atom. The topological polar surface area (TPSA) is 47.6 Å². The average Bonchev–Trinajstić information content (AvgIpc) is 2.76. The molecule has 1 aliphatic rings. The number of nitrogens with one attached hydrogen (secondary N) is 1.